The summed E-state index contributed by atoms with van der Waals surface area (Å²) in [7, 11) is -3.18. The van der Waals surface area contributed by atoms with Gasteiger partial charge in [0.25, 0.3) is 5.91 Å². The van der Waals surface area contributed by atoms with Gasteiger partial charge < -0.3 is 5.32 Å². The summed E-state index contributed by atoms with van der Waals surface area (Å²) in [5.41, 5.74) is 1.02. The minimum Gasteiger partial charge on any atom is -0.322 e. The van der Waals surface area contributed by atoms with Crippen LogP contribution < -0.4 is 9.62 Å². The maximum absolute atomic E-state index is 12.7. The molecule has 152 valence electrons. The summed E-state index contributed by atoms with van der Waals surface area (Å²) in [6.45, 7) is 0. The molecule has 1 amide bonds. The second-order valence-electron chi connectivity index (χ2n) is 6.05. The SMILES string of the molecule is O=C(Nc1ccccc1)c1cnn2ccc(N(c3c(Cl)cccc3Cl)[SH](=O)=O)nc12. The number of para-hydroxylation sites is 2. The minimum absolute atomic E-state index is 0.0165. The summed E-state index contributed by atoms with van der Waals surface area (Å²) in [5, 5.41) is 7.13. The van der Waals surface area contributed by atoms with Crippen LogP contribution in [0.2, 0.25) is 10.0 Å². The van der Waals surface area contributed by atoms with Crippen LogP contribution in [0.1, 0.15) is 10.4 Å². The number of anilines is 3. The molecular formula is C19H13Cl2N5O3S. The highest BCUT2D eigenvalue weighted by Crippen LogP contribution is 2.37. The molecule has 2 aromatic carbocycles. The molecule has 30 heavy (non-hydrogen) atoms. The third kappa shape index (κ3) is 3.82. The highest BCUT2D eigenvalue weighted by molar-refractivity contribution is 7.74. The van der Waals surface area contributed by atoms with Gasteiger partial charge in [-0.1, -0.05) is 47.5 Å². The molecule has 0 bridgehead atoms. The van der Waals surface area contributed by atoms with Gasteiger partial charge >= 0.3 is 0 Å². The number of halogens is 2. The number of fused-ring (bicyclic) bond motifs is 1. The molecule has 0 aliphatic rings. The molecule has 0 saturated heterocycles. The van der Waals surface area contributed by atoms with Crippen molar-refractivity contribution in [1.82, 2.24) is 14.6 Å². The molecule has 0 radical (unpaired) electrons. The lowest BCUT2D eigenvalue weighted by molar-refractivity contribution is 0.102. The molecule has 0 saturated carbocycles. The van der Waals surface area contributed by atoms with Crippen LogP contribution in [0.15, 0.2) is 67.0 Å². The van der Waals surface area contributed by atoms with E-state index in [1.807, 2.05) is 6.07 Å². The second kappa shape index (κ2) is 8.31. The zero-order chi connectivity index (χ0) is 21.3. The maximum Gasteiger partial charge on any atom is 0.261 e. The molecule has 0 fully saturated rings. The summed E-state index contributed by atoms with van der Waals surface area (Å²) in [4.78, 5) is 17.0. The van der Waals surface area contributed by atoms with E-state index in [9.17, 15) is 13.2 Å². The maximum atomic E-state index is 12.7. The van der Waals surface area contributed by atoms with Crippen molar-refractivity contribution in [2.75, 3.05) is 9.62 Å². The molecule has 11 heteroatoms. The predicted molar refractivity (Wildman–Crippen MR) is 116 cm³/mol. The first-order valence-corrected chi connectivity index (χ1v) is 10.4. The normalized spacial score (nSPS) is 11.0. The van der Waals surface area contributed by atoms with Crippen LogP contribution in [0.5, 0.6) is 0 Å². The van der Waals surface area contributed by atoms with Crippen LogP contribution in [-0.2, 0) is 10.9 Å². The lowest BCUT2D eigenvalue weighted by Crippen LogP contribution is -2.18. The van der Waals surface area contributed by atoms with Gasteiger partial charge in [-0.2, -0.15) is 5.10 Å². The van der Waals surface area contributed by atoms with E-state index < -0.39 is 16.8 Å². The molecule has 1 N–H and O–H groups in total. The number of hydrogen-bond acceptors (Lipinski definition) is 5. The number of aromatic nitrogens is 3. The number of thiol groups is 1. The Hall–Kier alpha value is -3.14. The number of nitrogens with one attached hydrogen (secondary N) is 1. The summed E-state index contributed by atoms with van der Waals surface area (Å²) >= 11 is 12.4. The van der Waals surface area contributed by atoms with Crippen molar-refractivity contribution >= 4 is 62.8 Å². The number of rotatable bonds is 5. The quantitative estimate of drug-likeness (QED) is 0.438. The predicted octanol–water partition coefficient (Wildman–Crippen LogP) is 3.95. The summed E-state index contributed by atoms with van der Waals surface area (Å²) in [6, 6.07) is 15.0. The Labute approximate surface area is 182 Å². The van der Waals surface area contributed by atoms with Crippen molar-refractivity contribution in [1.29, 1.82) is 0 Å². The van der Waals surface area contributed by atoms with E-state index in [4.69, 9.17) is 23.2 Å². The Balaban J connectivity index is 1.79. The first-order chi connectivity index (χ1) is 14.5. The van der Waals surface area contributed by atoms with E-state index in [1.54, 1.807) is 30.3 Å². The molecule has 4 rings (SSSR count). The van der Waals surface area contributed by atoms with E-state index in [0.29, 0.717) is 5.69 Å². The van der Waals surface area contributed by atoms with Crippen LogP contribution in [0.25, 0.3) is 5.65 Å². The number of amides is 1. The zero-order valence-electron chi connectivity index (χ0n) is 15.1. The lowest BCUT2D eigenvalue weighted by atomic mass is 10.2. The molecule has 4 aromatic rings. The van der Waals surface area contributed by atoms with Gasteiger partial charge in [0, 0.05) is 18.0 Å². The highest BCUT2D eigenvalue weighted by Gasteiger charge is 2.22. The third-order valence-corrected chi connectivity index (χ3v) is 5.50. The molecule has 0 spiro atoms. The van der Waals surface area contributed by atoms with Crippen molar-refractivity contribution in [3.63, 3.8) is 0 Å². The summed E-state index contributed by atoms with van der Waals surface area (Å²) in [6.07, 6.45) is 2.85. The average molecular weight is 462 g/mol. The van der Waals surface area contributed by atoms with Crippen molar-refractivity contribution < 1.29 is 13.2 Å². The number of carbonyl (C=O) groups is 1. The van der Waals surface area contributed by atoms with Gasteiger partial charge in [0.1, 0.15) is 5.56 Å². The Morgan fingerprint density at radius 3 is 2.37 bits per heavy atom. The van der Waals surface area contributed by atoms with Crippen LogP contribution in [-0.4, -0.2) is 28.9 Å². The van der Waals surface area contributed by atoms with E-state index in [-0.39, 0.29) is 32.8 Å². The molecule has 0 unspecified atom stereocenters. The lowest BCUT2D eigenvalue weighted by Gasteiger charge is -2.19. The standard InChI is InChI=1S/C19H13Cl2N5O3S/c20-14-7-4-8-15(21)17(14)26(30(28)29)16-9-10-25-18(24-16)13(11-22-25)19(27)23-12-5-2-1-3-6-12/h1-11,30H,(H,23,27). The van der Waals surface area contributed by atoms with Gasteiger partial charge in [0.15, 0.2) is 11.5 Å². The summed E-state index contributed by atoms with van der Waals surface area (Å²) in [5.74, 6) is -0.419. The average Bonchev–Trinajstić information content (AvgIpc) is 3.14. The van der Waals surface area contributed by atoms with Crippen molar-refractivity contribution in [2.45, 2.75) is 0 Å². The van der Waals surface area contributed by atoms with Crippen molar-refractivity contribution in [3.05, 3.63) is 82.6 Å². The first-order valence-electron chi connectivity index (χ1n) is 8.55. The first kappa shape index (κ1) is 20.1. The minimum atomic E-state index is -3.18. The zero-order valence-corrected chi connectivity index (χ0v) is 17.5. The Bertz CT molecular complexity index is 1300. The molecule has 0 aliphatic carbocycles. The molecule has 0 atom stereocenters. The van der Waals surface area contributed by atoms with Crippen LogP contribution in [0.3, 0.4) is 0 Å². The van der Waals surface area contributed by atoms with E-state index >= 15 is 0 Å². The van der Waals surface area contributed by atoms with Gasteiger partial charge in [-0.15, -0.1) is 0 Å². The Morgan fingerprint density at radius 2 is 1.70 bits per heavy atom. The summed E-state index contributed by atoms with van der Waals surface area (Å²) < 4.78 is 26.3. The Morgan fingerprint density at radius 1 is 1.00 bits per heavy atom. The van der Waals surface area contributed by atoms with Gasteiger partial charge in [0.2, 0.25) is 10.9 Å². The highest BCUT2D eigenvalue weighted by atomic mass is 35.5. The van der Waals surface area contributed by atoms with Crippen molar-refractivity contribution in [3.8, 4) is 0 Å². The second-order valence-corrected chi connectivity index (χ2v) is 7.74. The van der Waals surface area contributed by atoms with Gasteiger partial charge in [-0.3, -0.25) is 4.79 Å². The van der Waals surface area contributed by atoms with Gasteiger partial charge in [-0.05, 0) is 24.3 Å². The largest absolute Gasteiger partial charge is 0.322 e. The number of hydrogen-bond donors (Lipinski definition) is 2. The van der Waals surface area contributed by atoms with Gasteiger partial charge in [-0.25, -0.2) is 22.2 Å². The fraction of sp³-hybridized carbons (Fsp3) is 0. The Kier molecular flexibility index (Phi) is 5.58. The topological polar surface area (TPSA) is 96.7 Å². The van der Waals surface area contributed by atoms with E-state index in [2.05, 4.69) is 15.4 Å². The third-order valence-electron chi connectivity index (χ3n) is 4.16. The number of benzene rings is 2. The van der Waals surface area contributed by atoms with E-state index in [0.717, 1.165) is 4.31 Å². The van der Waals surface area contributed by atoms with Crippen molar-refractivity contribution in [2.24, 2.45) is 0 Å². The van der Waals surface area contributed by atoms with Gasteiger partial charge in [0.05, 0.1) is 21.9 Å². The number of nitrogens with zero attached hydrogens (tertiary/aromatic N) is 4. The van der Waals surface area contributed by atoms with Crippen LogP contribution in [0.4, 0.5) is 17.2 Å². The molecule has 2 heterocycles. The molecule has 2 aromatic heterocycles. The monoisotopic (exact) mass is 461 g/mol. The fourth-order valence-corrected chi connectivity index (χ4v) is 4.17. The fourth-order valence-electron chi connectivity index (χ4n) is 2.83. The molecule has 8 nitrogen and oxygen atoms in total. The van der Waals surface area contributed by atoms with Crippen LogP contribution >= 0.6 is 23.2 Å². The number of carbonyl (C=O) groups excluding carboxylic acids is 1. The molecule has 0 aliphatic heterocycles. The van der Waals surface area contributed by atoms with Crippen LogP contribution in [0, 0.1) is 0 Å². The van der Waals surface area contributed by atoms with E-state index in [1.165, 1.54) is 35.1 Å². The smallest absolute Gasteiger partial charge is 0.261 e. The molecular weight excluding hydrogens is 449 g/mol.